The third-order valence-corrected chi connectivity index (χ3v) is 5.57. The number of carbonyl (C=O) groups is 1. The third kappa shape index (κ3) is 4.13. The highest BCUT2D eigenvalue weighted by Gasteiger charge is 2.23. The van der Waals surface area contributed by atoms with Crippen LogP contribution in [0, 0.1) is 5.92 Å². The highest BCUT2D eigenvalue weighted by molar-refractivity contribution is 5.99. The van der Waals surface area contributed by atoms with Crippen molar-refractivity contribution in [3.63, 3.8) is 0 Å². The molecule has 1 saturated carbocycles. The van der Waals surface area contributed by atoms with E-state index in [1.54, 1.807) is 16.9 Å². The van der Waals surface area contributed by atoms with Crippen LogP contribution in [0.25, 0.3) is 5.65 Å². The first-order valence-corrected chi connectivity index (χ1v) is 10.0. The summed E-state index contributed by atoms with van der Waals surface area (Å²) in [4.78, 5) is 21.5. The van der Waals surface area contributed by atoms with Gasteiger partial charge in [-0.2, -0.15) is 5.10 Å². The molecule has 0 bridgehead atoms. The molecule has 1 aliphatic rings. The normalized spacial score (nSPS) is 19.5. The molecule has 1 amide bonds. The molecule has 28 heavy (non-hydrogen) atoms. The zero-order valence-electron chi connectivity index (χ0n) is 16.1. The molecular weight excluding hydrogens is 352 g/mol. The van der Waals surface area contributed by atoms with Gasteiger partial charge >= 0.3 is 0 Å². The number of hydrogen-bond donors (Lipinski definition) is 2. The van der Waals surface area contributed by atoms with Gasteiger partial charge in [-0.05, 0) is 49.3 Å². The topological polar surface area (TPSA) is 84.2 Å². The number of anilines is 1. The van der Waals surface area contributed by atoms with Gasteiger partial charge in [0.2, 0.25) is 0 Å². The molecule has 1 fully saturated rings. The summed E-state index contributed by atoms with van der Waals surface area (Å²) in [6, 6.07) is 6.01. The van der Waals surface area contributed by atoms with Crippen LogP contribution < -0.4 is 10.6 Å². The number of fused-ring (bicyclic) bond motifs is 1. The van der Waals surface area contributed by atoms with E-state index in [0.717, 1.165) is 24.3 Å². The molecule has 4 rings (SSSR count). The molecular formula is C21H26N6O. The highest BCUT2D eigenvalue weighted by Crippen LogP contribution is 2.26. The SMILES string of the molecule is CCC1CCC(NC(=O)c2cnn3ccc(NCc4cccnc4)nc23)CC1. The molecule has 0 aliphatic heterocycles. The maximum absolute atomic E-state index is 12.8. The number of carbonyl (C=O) groups excluding carboxylic acids is 1. The fraction of sp³-hybridized carbons (Fsp3) is 0.429. The monoisotopic (exact) mass is 378 g/mol. The molecule has 0 atom stereocenters. The number of aromatic nitrogens is 4. The van der Waals surface area contributed by atoms with Crippen LogP contribution in [0.5, 0.6) is 0 Å². The van der Waals surface area contributed by atoms with Crippen molar-refractivity contribution in [3.05, 3.63) is 54.1 Å². The van der Waals surface area contributed by atoms with E-state index < -0.39 is 0 Å². The molecule has 146 valence electrons. The van der Waals surface area contributed by atoms with Gasteiger partial charge in [0.05, 0.1) is 6.20 Å². The predicted octanol–water partition coefficient (Wildman–Crippen LogP) is 3.44. The molecule has 7 nitrogen and oxygen atoms in total. The lowest BCUT2D eigenvalue weighted by atomic mass is 9.84. The van der Waals surface area contributed by atoms with E-state index in [1.165, 1.54) is 19.3 Å². The van der Waals surface area contributed by atoms with Crippen molar-refractivity contribution < 1.29 is 4.79 Å². The summed E-state index contributed by atoms with van der Waals surface area (Å²) in [6.45, 7) is 2.86. The molecule has 7 heteroatoms. The zero-order valence-corrected chi connectivity index (χ0v) is 16.1. The second-order valence-corrected chi connectivity index (χ2v) is 7.45. The smallest absolute Gasteiger partial charge is 0.256 e. The predicted molar refractivity (Wildman–Crippen MR) is 108 cm³/mol. The molecule has 1 aliphatic carbocycles. The Bertz CT molecular complexity index is 930. The Morgan fingerprint density at radius 1 is 1.21 bits per heavy atom. The molecule has 0 unspecified atom stereocenters. The van der Waals surface area contributed by atoms with Crippen molar-refractivity contribution in [1.29, 1.82) is 0 Å². The maximum atomic E-state index is 12.8. The summed E-state index contributed by atoms with van der Waals surface area (Å²) in [5, 5.41) is 10.7. The van der Waals surface area contributed by atoms with E-state index in [2.05, 4.69) is 32.6 Å². The van der Waals surface area contributed by atoms with Gasteiger partial charge in [0.1, 0.15) is 11.4 Å². The van der Waals surface area contributed by atoms with Gasteiger partial charge in [-0.25, -0.2) is 9.50 Å². The van der Waals surface area contributed by atoms with E-state index in [4.69, 9.17) is 0 Å². The summed E-state index contributed by atoms with van der Waals surface area (Å²) in [7, 11) is 0. The Hall–Kier alpha value is -2.96. The largest absolute Gasteiger partial charge is 0.366 e. The quantitative estimate of drug-likeness (QED) is 0.686. The third-order valence-electron chi connectivity index (χ3n) is 5.57. The number of rotatable bonds is 6. The molecule has 0 spiro atoms. The number of nitrogens with one attached hydrogen (secondary N) is 2. The zero-order chi connectivity index (χ0) is 19.3. The average molecular weight is 378 g/mol. The van der Waals surface area contributed by atoms with E-state index in [9.17, 15) is 4.79 Å². The Balaban J connectivity index is 1.44. The van der Waals surface area contributed by atoms with Gasteiger partial charge in [-0.1, -0.05) is 19.4 Å². The molecule has 3 aromatic rings. The Labute approximate surface area is 164 Å². The fourth-order valence-corrected chi connectivity index (χ4v) is 3.80. The van der Waals surface area contributed by atoms with Gasteiger partial charge < -0.3 is 10.6 Å². The fourth-order valence-electron chi connectivity index (χ4n) is 3.80. The van der Waals surface area contributed by atoms with Crippen LogP contribution in [-0.2, 0) is 6.54 Å². The first-order valence-electron chi connectivity index (χ1n) is 10.0. The first kappa shape index (κ1) is 18.4. The number of nitrogens with zero attached hydrogens (tertiary/aromatic N) is 4. The van der Waals surface area contributed by atoms with Crippen LogP contribution >= 0.6 is 0 Å². The van der Waals surface area contributed by atoms with Crippen molar-refractivity contribution in [2.75, 3.05) is 5.32 Å². The summed E-state index contributed by atoms with van der Waals surface area (Å²) in [6.07, 6.45) is 12.7. The Morgan fingerprint density at radius 2 is 2.07 bits per heavy atom. The minimum atomic E-state index is -0.0909. The standard InChI is InChI=1S/C21H26N6O/c1-2-15-5-7-17(8-6-15)25-21(28)18-14-24-27-11-9-19(26-20(18)27)23-13-16-4-3-10-22-12-16/h3-4,9-12,14-15,17H,2,5-8,13H2,1H3,(H,23,26)(H,25,28). The second-order valence-electron chi connectivity index (χ2n) is 7.45. The minimum Gasteiger partial charge on any atom is -0.366 e. The minimum absolute atomic E-state index is 0.0909. The molecule has 3 aromatic heterocycles. The lowest BCUT2D eigenvalue weighted by Crippen LogP contribution is -2.37. The van der Waals surface area contributed by atoms with Gasteiger partial charge in [0.15, 0.2) is 5.65 Å². The first-order chi connectivity index (χ1) is 13.7. The number of hydrogen-bond acceptors (Lipinski definition) is 5. The van der Waals surface area contributed by atoms with Crippen LogP contribution in [0.2, 0.25) is 0 Å². The summed E-state index contributed by atoms with van der Waals surface area (Å²) >= 11 is 0. The lowest BCUT2D eigenvalue weighted by Gasteiger charge is -2.28. The molecule has 2 N–H and O–H groups in total. The molecule has 0 radical (unpaired) electrons. The summed E-state index contributed by atoms with van der Waals surface area (Å²) < 4.78 is 1.64. The van der Waals surface area contributed by atoms with E-state index in [0.29, 0.717) is 23.6 Å². The van der Waals surface area contributed by atoms with Crippen molar-refractivity contribution in [1.82, 2.24) is 24.9 Å². The summed E-state index contributed by atoms with van der Waals surface area (Å²) in [5.41, 5.74) is 2.15. The van der Waals surface area contributed by atoms with Crippen LogP contribution in [0.15, 0.2) is 43.0 Å². The van der Waals surface area contributed by atoms with E-state index in [-0.39, 0.29) is 11.9 Å². The molecule has 3 heterocycles. The van der Waals surface area contributed by atoms with Crippen molar-refractivity contribution >= 4 is 17.4 Å². The summed E-state index contributed by atoms with van der Waals surface area (Å²) in [5.74, 6) is 1.42. The van der Waals surface area contributed by atoms with Crippen molar-refractivity contribution in [3.8, 4) is 0 Å². The van der Waals surface area contributed by atoms with Crippen molar-refractivity contribution in [2.45, 2.75) is 51.6 Å². The van der Waals surface area contributed by atoms with Crippen LogP contribution in [-0.4, -0.2) is 31.5 Å². The van der Waals surface area contributed by atoms with Gasteiger partial charge in [-0.15, -0.1) is 0 Å². The maximum Gasteiger partial charge on any atom is 0.256 e. The Morgan fingerprint density at radius 3 is 2.82 bits per heavy atom. The van der Waals surface area contributed by atoms with Gasteiger partial charge in [-0.3, -0.25) is 9.78 Å². The second kappa shape index (κ2) is 8.37. The number of pyridine rings is 1. The van der Waals surface area contributed by atoms with Gasteiger partial charge in [0.25, 0.3) is 5.91 Å². The van der Waals surface area contributed by atoms with Crippen molar-refractivity contribution in [2.24, 2.45) is 5.92 Å². The van der Waals surface area contributed by atoms with Crippen LogP contribution in [0.3, 0.4) is 0 Å². The lowest BCUT2D eigenvalue weighted by molar-refractivity contribution is 0.0923. The van der Waals surface area contributed by atoms with Crippen LogP contribution in [0.1, 0.15) is 54.9 Å². The van der Waals surface area contributed by atoms with E-state index in [1.807, 2.05) is 30.6 Å². The average Bonchev–Trinajstić information content (AvgIpc) is 3.17. The Kier molecular flexibility index (Phi) is 5.50. The molecule has 0 saturated heterocycles. The van der Waals surface area contributed by atoms with E-state index >= 15 is 0 Å². The molecule has 0 aromatic carbocycles. The number of amides is 1. The highest BCUT2D eigenvalue weighted by atomic mass is 16.1. The van der Waals surface area contributed by atoms with Gasteiger partial charge in [0, 0.05) is 31.2 Å². The van der Waals surface area contributed by atoms with Crippen LogP contribution in [0.4, 0.5) is 5.82 Å².